The summed E-state index contributed by atoms with van der Waals surface area (Å²) >= 11 is 0. The Hall–Kier alpha value is -0.870. The summed E-state index contributed by atoms with van der Waals surface area (Å²) < 4.78 is 16.6. The maximum Gasteiger partial charge on any atom is 0.330 e. The Morgan fingerprint density at radius 2 is 2.31 bits per heavy atom. The molecule has 90 valence electrons. The van der Waals surface area contributed by atoms with Gasteiger partial charge in [0.25, 0.3) is 0 Å². The van der Waals surface area contributed by atoms with Crippen LogP contribution in [0.5, 0.6) is 0 Å². The third kappa shape index (κ3) is 2.28. The SMILES string of the molecule is C=CC(=O)OC1COC2CCCOC2C1C. The third-order valence-corrected chi connectivity index (χ3v) is 3.32. The Kier molecular flexibility index (Phi) is 3.61. The van der Waals surface area contributed by atoms with Gasteiger partial charge in [0.15, 0.2) is 0 Å². The lowest BCUT2D eigenvalue weighted by atomic mass is 9.88. The van der Waals surface area contributed by atoms with Crippen molar-refractivity contribution in [2.24, 2.45) is 5.92 Å². The highest BCUT2D eigenvalue weighted by Gasteiger charge is 2.41. The lowest BCUT2D eigenvalue weighted by molar-refractivity contribution is -0.205. The lowest BCUT2D eigenvalue weighted by Crippen LogP contribution is -2.52. The van der Waals surface area contributed by atoms with Crippen molar-refractivity contribution in [3.8, 4) is 0 Å². The van der Waals surface area contributed by atoms with Gasteiger partial charge in [-0.1, -0.05) is 13.5 Å². The van der Waals surface area contributed by atoms with Crippen LogP contribution in [0.3, 0.4) is 0 Å². The largest absolute Gasteiger partial charge is 0.456 e. The molecule has 2 fully saturated rings. The molecular weight excluding hydrogens is 208 g/mol. The molecule has 2 saturated heterocycles. The highest BCUT2D eigenvalue weighted by molar-refractivity contribution is 5.81. The maximum atomic E-state index is 11.1. The van der Waals surface area contributed by atoms with Crippen molar-refractivity contribution in [1.29, 1.82) is 0 Å². The molecule has 0 aromatic carbocycles. The minimum absolute atomic E-state index is 0.0603. The number of rotatable bonds is 2. The minimum Gasteiger partial charge on any atom is -0.456 e. The molecule has 0 aromatic rings. The zero-order chi connectivity index (χ0) is 11.5. The molecule has 0 spiro atoms. The van der Waals surface area contributed by atoms with Crippen LogP contribution in [0, 0.1) is 5.92 Å². The van der Waals surface area contributed by atoms with E-state index in [1.807, 2.05) is 6.92 Å². The van der Waals surface area contributed by atoms with Gasteiger partial charge >= 0.3 is 5.97 Å². The van der Waals surface area contributed by atoms with Crippen LogP contribution in [-0.2, 0) is 19.0 Å². The van der Waals surface area contributed by atoms with Crippen LogP contribution < -0.4 is 0 Å². The molecule has 2 heterocycles. The van der Waals surface area contributed by atoms with Gasteiger partial charge in [0.1, 0.15) is 6.10 Å². The third-order valence-electron chi connectivity index (χ3n) is 3.32. The number of carbonyl (C=O) groups excluding carboxylic acids is 1. The molecule has 4 heteroatoms. The van der Waals surface area contributed by atoms with E-state index in [4.69, 9.17) is 14.2 Å². The first kappa shape index (κ1) is 11.6. The van der Waals surface area contributed by atoms with Crippen molar-refractivity contribution < 1.29 is 19.0 Å². The molecule has 4 nitrogen and oxygen atoms in total. The molecule has 16 heavy (non-hydrogen) atoms. The number of fused-ring (bicyclic) bond motifs is 1. The molecule has 2 rings (SSSR count). The second kappa shape index (κ2) is 4.97. The standard InChI is InChI=1S/C12H18O4/c1-3-11(13)16-10-7-15-9-5-4-6-14-12(9)8(10)2/h3,8-10,12H,1,4-7H2,2H3. The zero-order valence-electron chi connectivity index (χ0n) is 9.56. The summed E-state index contributed by atoms with van der Waals surface area (Å²) in [6, 6.07) is 0. The molecule has 2 aliphatic heterocycles. The van der Waals surface area contributed by atoms with Crippen molar-refractivity contribution >= 4 is 5.97 Å². The van der Waals surface area contributed by atoms with E-state index in [0.717, 1.165) is 19.4 Å². The summed E-state index contributed by atoms with van der Waals surface area (Å²) in [7, 11) is 0. The molecular formula is C12H18O4. The van der Waals surface area contributed by atoms with E-state index >= 15 is 0 Å². The molecule has 0 amide bonds. The number of hydrogen-bond donors (Lipinski definition) is 0. The Labute approximate surface area is 95.6 Å². The lowest BCUT2D eigenvalue weighted by Gasteiger charge is -2.42. The van der Waals surface area contributed by atoms with Gasteiger partial charge < -0.3 is 14.2 Å². The molecule has 2 aliphatic rings. The van der Waals surface area contributed by atoms with Gasteiger partial charge in [-0.05, 0) is 12.8 Å². The molecule has 4 atom stereocenters. The van der Waals surface area contributed by atoms with Gasteiger partial charge in [0.2, 0.25) is 0 Å². The number of hydrogen-bond acceptors (Lipinski definition) is 4. The first-order valence-electron chi connectivity index (χ1n) is 5.78. The zero-order valence-corrected chi connectivity index (χ0v) is 9.56. The molecule has 0 bridgehead atoms. The summed E-state index contributed by atoms with van der Waals surface area (Å²) in [6.07, 6.45) is 3.28. The normalized spacial score (nSPS) is 38.6. The van der Waals surface area contributed by atoms with Gasteiger partial charge in [-0.25, -0.2) is 4.79 Å². The molecule has 0 saturated carbocycles. The monoisotopic (exact) mass is 226 g/mol. The number of ether oxygens (including phenoxy) is 3. The molecule has 0 aliphatic carbocycles. The van der Waals surface area contributed by atoms with Gasteiger partial charge in [-0.2, -0.15) is 0 Å². The summed E-state index contributed by atoms with van der Waals surface area (Å²) in [5, 5.41) is 0. The van der Waals surface area contributed by atoms with Gasteiger partial charge in [-0.15, -0.1) is 0 Å². The second-order valence-corrected chi connectivity index (χ2v) is 4.39. The fourth-order valence-electron chi connectivity index (χ4n) is 2.36. The maximum absolute atomic E-state index is 11.1. The molecule has 4 unspecified atom stereocenters. The average Bonchev–Trinajstić information content (AvgIpc) is 2.33. The van der Waals surface area contributed by atoms with Crippen molar-refractivity contribution in [3.63, 3.8) is 0 Å². The van der Waals surface area contributed by atoms with Crippen molar-refractivity contribution in [3.05, 3.63) is 12.7 Å². The van der Waals surface area contributed by atoms with Gasteiger partial charge in [0, 0.05) is 18.6 Å². The van der Waals surface area contributed by atoms with E-state index in [2.05, 4.69) is 6.58 Å². The first-order chi connectivity index (χ1) is 7.72. The van der Waals surface area contributed by atoms with Gasteiger partial charge in [-0.3, -0.25) is 0 Å². The van der Waals surface area contributed by atoms with Gasteiger partial charge in [0.05, 0.1) is 18.8 Å². The molecule has 0 radical (unpaired) electrons. The predicted octanol–water partition coefficient (Wildman–Crippen LogP) is 1.30. The number of carbonyl (C=O) groups is 1. The summed E-state index contributed by atoms with van der Waals surface area (Å²) in [4.78, 5) is 11.1. The van der Waals surface area contributed by atoms with E-state index < -0.39 is 5.97 Å². The van der Waals surface area contributed by atoms with Crippen molar-refractivity contribution in [2.75, 3.05) is 13.2 Å². The predicted molar refractivity (Wildman–Crippen MR) is 58.0 cm³/mol. The van der Waals surface area contributed by atoms with Crippen LogP contribution in [0.1, 0.15) is 19.8 Å². The minimum atomic E-state index is -0.394. The van der Waals surface area contributed by atoms with E-state index in [1.165, 1.54) is 6.08 Å². The average molecular weight is 226 g/mol. The Balaban J connectivity index is 1.97. The fourth-order valence-corrected chi connectivity index (χ4v) is 2.36. The Bertz CT molecular complexity index is 276. The Morgan fingerprint density at radius 3 is 3.06 bits per heavy atom. The second-order valence-electron chi connectivity index (χ2n) is 4.39. The van der Waals surface area contributed by atoms with Crippen molar-refractivity contribution in [2.45, 2.75) is 38.1 Å². The van der Waals surface area contributed by atoms with E-state index in [1.54, 1.807) is 0 Å². The van der Waals surface area contributed by atoms with Crippen molar-refractivity contribution in [1.82, 2.24) is 0 Å². The van der Waals surface area contributed by atoms with Crippen LogP contribution in [0.4, 0.5) is 0 Å². The van der Waals surface area contributed by atoms with E-state index in [0.29, 0.717) is 6.61 Å². The molecule has 0 N–H and O–H groups in total. The summed E-state index contributed by atoms with van der Waals surface area (Å²) in [6.45, 7) is 6.67. The smallest absolute Gasteiger partial charge is 0.330 e. The van der Waals surface area contributed by atoms with Crippen LogP contribution in [0.2, 0.25) is 0 Å². The van der Waals surface area contributed by atoms with E-state index in [-0.39, 0.29) is 24.2 Å². The number of esters is 1. The Morgan fingerprint density at radius 1 is 1.50 bits per heavy atom. The summed E-state index contributed by atoms with van der Waals surface area (Å²) in [5.41, 5.74) is 0. The van der Waals surface area contributed by atoms with Crippen LogP contribution >= 0.6 is 0 Å². The topological polar surface area (TPSA) is 44.8 Å². The summed E-state index contributed by atoms with van der Waals surface area (Å²) in [5.74, 6) is -0.211. The van der Waals surface area contributed by atoms with Crippen LogP contribution in [0.15, 0.2) is 12.7 Å². The first-order valence-corrected chi connectivity index (χ1v) is 5.78. The fraction of sp³-hybridized carbons (Fsp3) is 0.750. The van der Waals surface area contributed by atoms with E-state index in [9.17, 15) is 4.79 Å². The highest BCUT2D eigenvalue weighted by Crippen LogP contribution is 2.31. The van der Waals surface area contributed by atoms with Crippen LogP contribution in [0.25, 0.3) is 0 Å². The van der Waals surface area contributed by atoms with Crippen LogP contribution in [-0.4, -0.2) is 37.5 Å². The molecule has 0 aromatic heterocycles. The highest BCUT2D eigenvalue weighted by atomic mass is 16.6. The quantitative estimate of drug-likeness (QED) is 0.526.